The molecule has 0 aliphatic carbocycles. The Labute approximate surface area is 231 Å². The molecular weight excluding hydrogens is 508 g/mol. The number of H-pyrrole nitrogens is 1. The van der Waals surface area contributed by atoms with Crippen LogP contribution in [0.25, 0.3) is 10.9 Å². The van der Waals surface area contributed by atoms with Gasteiger partial charge in [-0.15, -0.1) is 0 Å². The predicted octanol–water partition coefficient (Wildman–Crippen LogP) is 4.40. The van der Waals surface area contributed by atoms with Crippen molar-refractivity contribution in [3.8, 4) is 11.5 Å². The van der Waals surface area contributed by atoms with Gasteiger partial charge in [0, 0.05) is 29.6 Å². The molecule has 40 heavy (non-hydrogen) atoms. The maximum Gasteiger partial charge on any atom is 0.332 e. The van der Waals surface area contributed by atoms with Crippen LogP contribution in [-0.4, -0.2) is 55.0 Å². The van der Waals surface area contributed by atoms with Gasteiger partial charge in [-0.2, -0.15) is 0 Å². The van der Waals surface area contributed by atoms with Crippen LogP contribution in [0.1, 0.15) is 34.1 Å². The highest BCUT2D eigenvalue weighted by atomic mass is 16.5. The molecule has 9 nitrogen and oxygen atoms in total. The predicted molar refractivity (Wildman–Crippen MR) is 151 cm³/mol. The number of benzene rings is 3. The molecule has 2 N–H and O–H groups in total. The molecule has 4 amide bonds. The van der Waals surface area contributed by atoms with Crippen LogP contribution >= 0.6 is 0 Å². The van der Waals surface area contributed by atoms with Crippen molar-refractivity contribution in [1.82, 2.24) is 15.2 Å². The molecular formula is C31H30N4O5. The Morgan fingerprint density at radius 3 is 2.50 bits per heavy atom. The monoisotopic (exact) mass is 538 g/mol. The minimum absolute atomic E-state index is 0.238. The van der Waals surface area contributed by atoms with Crippen LogP contribution in [0.15, 0.2) is 66.7 Å². The number of aromatic nitrogens is 1. The standard InChI is InChI=1S/C31H30N4O5/c1-31-27-23(22-6-4-5-7-24(22)33-27)15-17-34(31)30(38)35(29(31)37)21-11-9-20(10-12-21)28(36)32-16-14-19-8-13-25(39-2)26(18-19)40-3/h4-13,18,33H,14-17H2,1-3H3,(H,32,36)/t31-/m0/s1. The van der Waals surface area contributed by atoms with E-state index in [0.29, 0.717) is 48.7 Å². The summed E-state index contributed by atoms with van der Waals surface area (Å²) >= 11 is 0. The number of rotatable bonds is 7. The van der Waals surface area contributed by atoms with Gasteiger partial charge in [-0.25, -0.2) is 9.69 Å². The van der Waals surface area contributed by atoms with E-state index in [1.54, 1.807) is 50.3 Å². The lowest BCUT2D eigenvalue weighted by Crippen LogP contribution is -2.49. The molecule has 2 aliphatic rings. The van der Waals surface area contributed by atoms with Crippen LogP contribution in [-0.2, 0) is 23.2 Å². The molecule has 1 saturated heterocycles. The Balaban J connectivity index is 1.16. The zero-order chi connectivity index (χ0) is 28.0. The van der Waals surface area contributed by atoms with Crippen molar-refractivity contribution < 1.29 is 23.9 Å². The lowest BCUT2D eigenvalue weighted by atomic mass is 9.87. The van der Waals surface area contributed by atoms with E-state index in [0.717, 1.165) is 27.7 Å². The van der Waals surface area contributed by atoms with Crippen LogP contribution in [0.2, 0.25) is 0 Å². The first-order valence-electron chi connectivity index (χ1n) is 13.2. The van der Waals surface area contributed by atoms with Gasteiger partial charge in [-0.1, -0.05) is 24.3 Å². The van der Waals surface area contributed by atoms with Crippen molar-refractivity contribution in [2.24, 2.45) is 0 Å². The molecule has 1 fully saturated rings. The van der Waals surface area contributed by atoms with E-state index in [2.05, 4.69) is 10.3 Å². The fourth-order valence-corrected chi connectivity index (χ4v) is 5.84. The molecule has 1 aromatic heterocycles. The summed E-state index contributed by atoms with van der Waals surface area (Å²) < 4.78 is 10.6. The molecule has 6 rings (SSSR count). The van der Waals surface area contributed by atoms with E-state index in [-0.39, 0.29) is 17.8 Å². The highest BCUT2D eigenvalue weighted by Gasteiger charge is 2.59. The number of hydrogen-bond donors (Lipinski definition) is 2. The van der Waals surface area contributed by atoms with Gasteiger partial charge in [0.15, 0.2) is 17.0 Å². The van der Waals surface area contributed by atoms with E-state index in [4.69, 9.17) is 9.47 Å². The summed E-state index contributed by atoms with van der Waals surface area (Å²) in [6, 6.07) is 19.8. The minimum Gasteiger partial charge on any atom is -0.493 e. The largest absolute Gasteiger partial charge is 0.493 e. The number of fused-ring (bicyclic) bond motifs is 5. The van der Waals surface area contributed by atoms with E-state index < -0.39 is 5.54 Å². The van der Waals surface area contributed by atoms with Gasteiger partial charge < -0.3 is 24.7 Å². The average Bonchev–Trinajstić information content (AvgIpc) is 3.46. The Kier molecular flexibility index (Phi) is 6.21. The zero-order valence-electron chi connectivity index (χ0n) is 22.6. The second-order valence-electron chi connectivity index (χ2n) is 10.2. The van der Waals surface area contributed by atoms with E-state index in [1.807, 2.05) is 42.5 Å². The quantitative estimate of drug-likeness (QED) is 0.340. The molecule has 0 bridgehead atoms. The van der Waals surface area contributed by atoms with Crippen LogP contribution in [0.4, 0.5) is 10.5 Å². The van der Waals surface area contributed by atoms with Crippen molar-refractivity contribution in [3.63, 3.8) is 0 Å². The number of hydrogen-bond acceptors (Lipinski definition) is 5. The first kappa shape index (κ1) is 25.5. The maximum atomic E-state index is 13.8. The number of carbonyl (C=O) groups is 3. The summed E-state index contributed by atoms with van der Waals surface area (Å²) in [5.41, 5.74) is 3.56. The lowest BCUT2D eigenvalue weighted by molar-refractivity contribution is -0.125. The van der Waals surface area contributed by atoms with Gasteiger partial charge in [0.05, 0.1) is 25.6 Å². The summed E-state index contributed by atoms with van der Waals surface area (Å²) in [5.74, 6) is 0.742. The topological polar surface area (TPSA) is 104 Å². The van der Waals surface area contributed by atoms with Gasteiger partial charge in [0.2, 0.25) is 0 Å². The van der Waals surface area contributed by atoms with Crippen LogP contribution in [0, 0.1) is 0 Å². The molecule has 0 spiro atoms. The first-order valence-corrected chi connectivity index (χ1v) is 13.2. The van der Waals surface area contributed by atoms with Gasteiger partial charge in [0.25, 0.3) is 11.8 Å². The van der Waals surface area contributed by atoms with Gasteiger partial charge >= 0.3 is 6.03 Å². The lowest BCUT2D eigenvalue weighted by Gasteiger charge is -2.35. The number of ether oxygens (including phenoxy) is 2. The molecule has 2 aliphatic heterocycles. The van der Waals surface area contributed by atoms with Crippen molar-refractivity contribution in [2.75, 3.05) is 32.2 Å². The SMILES string of the molecule is COc1ccc(CCNC(=O)c2ccc(N3C(=O)N4CCc5c([nH]c6ccccc56)[C@@]4(C)C3=O)cc2)cc1OC. The number of anilines is 1. The van der Waals surface area contributed by atoms with Crippen molar-refractivity contribution in [1.29, 1.82) is 0 Å². The molecule has 204 valence electrons. The Morgan fingerprint density at radius 2 is 1.75 bits per heavy atom. The Morgan fingerprint density at radius 1 is 1.00 bits per heavy atom. The molecule has 1 atom stereocenters. The fraction of sp³-hybridized carbons (Fsp3) is 0.258. The highest BCUT2D eigenvalue weighted by Crippen LogP contribution is 2.45. The summed E-state index contributed by atoms with van der Waals surface area (Å²) in [7, 11) is 3.17. The van der Waals surface area contributed by atoms with Crippen LogP contribution < -0.4 is 19.7 Å². The Hall–Kier alpha value is -4.79. The van der Waals surface area contributed by atoms with Crippen molar-refractivity contribution >= 4 is 34.4 Å². The van der Waals surface area contributed by atoms with Gasteiger partial charge in [-0.3, -0.25) is 9.59 Å². The van der Waals surface area contributed by atoms with Gasteiger partial charge in [-0.05, 0) is 73.4 Å². The summed E-state index contributed by atoms with van der Waals surface area (Å²) in [6.07, 6.45) is 1.29. The molecule has 3 heterocycles. The molecule has 3 aromatic carbocycles. The molecule has 9 heteroatoms. The van der Waals surface area contributed by atoms with E-state index in [1.165, 1.54) is 4.90 Å². The molecule has 0 saturated carbocycles. The fourth-order valence-electron chi connectivity index (χ4n) is 5.84. The van der Waals surface area contributed by atoms with Crippen molar-refractivity contribution in [2.45, 2.75) is 25.3 Å². The number of nitrogens with zero attached hydrogens (tertiary/aromatic N) is 2. The summed E-state index contributed by atoms with van der Waals surface area (Å²) in [4.78, 5) is 46.4. The zero-order valence-corrected chi connectivity index (χ0v) is 22.6. The molecule has 0 unspecified atom stereocenters. The number of aromatic amines is 1. The molecule has 0 radical (unpaired) electrons. The van der Waals surface area contributed by atoms with Crippen LogP contribution in [0.3, 0.4) is 0 Å². The number of nitrogens with one attached hydrogen (secondary N) is 2. The maximum absolute atomic E-state index is 13.8. The highest BCUT2D eigenvalue weighted by molar-refractivity contribution is 6.23. The third kappa shape index (κ3) is 3.88. The van der Waals surface area contributed by atoms with Crippen molar-refractivity contribution in [3.05, 3.63) is 89.1 Å². The van der Waals surface area contributed by atoms with E-state index >= 15 is 0 Å². The van der Waals surface area contributed by atoms with Crippen LogP contribution in [0.5, 0.6) is 11.5 Å². The minimum atomic E-state index is -1.12. The first-order chi connectivity index (χ1) is 19.4. The number of imide groups is 1. The third-order valence-corrected chi connectivity index (χ3v) is 8.00. The smallest absolute Gasteiger partial charge is 0.332 e. The molecule has 4 aromatic rings. The number of methoxy groups -OCH3 is 2. The van der Waals surface area contributed by atoms with E-state index in [9.17, 15) is 14.4 Å². The second kappa shape index (κ2) is 9.75. The number of carbonyl (C=O) groups excluding carboxylic acids is 3. The number of amides is 4. The van der Waals surface area contributed by atoms with Gasteiger partial charge in [0.1, 0.15) is 0 Å². The normalized spacial score (nSPS) is 18.1. The number of para-hydroxylation sites is 1. The average molecular weight is 539 g/mol. The summed E-state index contributed by atoms with van der Waals surface area (Å²) in [5, 5.41) is 4.00. The second-order valence-corrected chi connectivity index (χ2v) is 10.2. The Bertz CT molecular complexity index is 1640. The third-order valence-electron chi connectivity index (χ3n) is 8.00. The summed E-state index contributed by atoms with van der Waals surface area (Å²) in [6.45, 7) is 2.69. The number of urea groups is 1.